The van der Waals surface area contributed by atoms with Crippen molar-refractivity contribution in [3.8, 4) is 0 Å². The fourth-order valence-electron chi connectivity index (χ4n) is 3.59. The molecule has 3 aliphatic rings. The number of hydrogen-bond donors (Lipinski definition) is 1. The van der Waals surface area contributed by atoms with Gasteiger partial charge in [0.1, 0.15) is 0 Å². The van der Waals surface area contributed by atoms with Crippen molar-refractivity contribution in [3.63, 3.8) is 0 Å². The molecule has 0 aromatic heterocycles. The SMILES string of the molecule is C1CCSC1.O=S(=O)(O)C(F)(F)C(F)(F)C1CC2CCC1C2. The molecule has 3 unspecified atom stereocenters. The van der Waals surface area contributed by atoms with Crippen molar-refractivity contribution in [2.45, 2.75) is 49.7 Å². The van der Waals surface area contributed by atoms with Crippen LogP contribution in [0.3, 0.4) is 0 Å². The molecule has 22 heavy (non-hydrogen) atoms. The lowest BCUT2D eigenvalue weighted by Crippen LogP contribution is -2.52. The number of thioether (sulfide) groups is 1. The highest BCUT2D eigenvalue weighted by atomic mass is 32.2. The number of fused-ring (bicyclic) bond motifs is 2. The van der Waals surface area contributed by atoms with Gasteiger partial charge in [0.2, 0.25) is 0 Å². The third-order valence-corrected chi connectivity index (χ3v) is 6.82. The third-order valence-electron chi connectivity index (χ3n) is 4.74. The van der Waals surface area contributed by atoms with Crippen molar-refractivity contribution in [2.24, 2.45) is 17.8 Å². The number of rotatable bonds is 3. The smallest absolute Gasteiger partial charge is 0.281 e. The second kappa shape index (κ2) is 6.47. The van der Waals surface area contributed by atoms with E-state index in [9.17, 15) is 26.0 Å². The topological polar surface area (TPSA) is 54.4 Å². The van der Waals surface area contributed by atoms with Gasteiger partial charge in [-0.25, -0.2) is 0 Å². The predicted molar refractivity (Wildman–Crippen MR) is 76.9 cm³/mol. The summed E-state index contributed by atoms with van der Waals surface area (Å²) in [5.74, 6) is -4.12. The van der Waals surface area contributed by atoms with Crippen LogP contribution in [0.2, 0.25) is 0 Å². The van der Waals surface area contributed by atoms with Crippen molar-refractivity contribution in [3.05, 3.63) is 0 Å². The molecule has 0 amide bonds. The fraction of sp³-hybridized carbons (Fsp3) is 1.00. The number of alkyl halides is 4. The van der Waals surface area contributed by atoms with Crippen LogP contribution in [0.4, 0.5) is 17.6 Å². The Kier molecular flexibility index (Phi) is 5.39. The Hall–Kier alpha value is -0.0200. The molecule has 0 radical (unpaired) electrons. The maximum Gasteiger partial charge on any atom is 0.431 e. The summed E-state index contributed by atoms with van der Waals surface area (Å²) in [5.41, 5.74) is 0. The van der Waals surface area contributed by atoms with Gasteiger partial charge in [-0.3, -0.25) is 4.55 Å². The summed E-state index contributed by atoms with van der Waals surface area (Å²) in [4.78, 5) is 0. The maximum atomic E-state index is 13.6. The van der Waals surface area contributed by atoms with Crippen LogP contribution in [0.25, 0.3) is 0 Å². The summed E-state index contributed by atoms with van der Waals surface area (Å²) in [5, 5.41) is -5.41. The second-order valence-electron chi connectivity index (χ2n) is 6.22. The Morgan fingerprint density at radius 3 is 1.91 bits per heavy atom. The average molecular weight is 364 g/mol. The molecule has 0 aromatic rings. The zero-order valence-electron chi connectivity index (χ0n) is 12.0. The average Bonchev–Trinajstić information content (AvgIpc) is 3.16. The lowest BCUT2D eigenvalue weighted by atomic mass is 9.84. The molecule has 3 fully saturated rings. The van der Waals surface area contributed by atoms with Crippen LogP contribution in [-0.2, 0) is 10.1 Å². The summed E-state index contributed by atoms with van der Waals surface area (Å²) < 4.78 is 82.4. The fourth-order valence-corrected chi connectivity index (χ4v) is 5.10. The molecule has 3 atom stereocenters. The van der Waals surface area contributed by atoms with Gasteiger partial charge in [0.25, 0.3) is 0 Å². The normalized spacial score (nSPS) is 32.0. The first-order valence-corrected chi connectivity index (χ1v) is 9.97. The minimum atomic E-state index is -6.10. The summed E-state index contributed by atoms with van der Waals surface area (Å²) in [6.07, 6.45) is 4.43. The highest BCUT2D eigenvalue weighted by Crippen LogP contribution is 2.58. The van der Waals surface area contributed by atoms with Gasteiger partial charge >= 0.3 is 21.3 Å². The quantitative estimate of drug-likeness (QED) is 0.606. The third kappa shape index (κ3) is 3.40. The van der Waals surface area contributed by atoms with Crippen LogP contribution in [0, 0.1) is 17.8 Å². The van der Waals surface area contributed by atoms with E-state index in [0.717, 1.165) is 6.42 Å². The van der Waals surface area contributed by atoms with Gasteiger partial charge in [-0.05, 0) is 55.4 Å². The first-order valence-electron chi connectivity index (χ1n) is 7.37. The van der Waals surface area contributed by atoms with Crippen molar-refractivity contribution in [2.75, 3.05) is 11.5 Å². The largest absolute Gasteiger partial charge is 0.431 e. The van der Waals surface area contributed by atoms with Gasteiger partial charge in [-0.1, -0.05) is 6.42 Å². The van der Waals surface area contributed by atoms with Gasteiger partial charge in [0.05, 0.1) is 0 Å². The Bertz CT molecular complexity index is 484. The summed E-state index contributed by atoms with van der Waals surface area (Å²) >= 11 is 2.07. The van der Waals surface area contributed by atoms with Gasteiger partial charge in [-0.2, -0.15) is 37.7 Å². The molecule has 2 aliphatic carbocycles. The molecule has 0 aromatic carbocycles. The van der Waals surface area contributed by atoms with E-state index >= 15 is 0 Å². The molecule has 2 saturated carbocycles. The zero-order valence-corrected chi connectivity index (χ0v) is 13.6. The minimum absolute atomic E-state index is 0.0203. The summed E-state index contributed by atoms with van der Waals surface area (Å²) in [6.45, 7) is 0. The van der Waals surface area contributed by atoms with Gasteiger partial charge in [-0.15, -0.1) is 0 Å². The molecule has 1 aliphatic heterocycles. The van der Waals surface area contributed by atoms with Crippen LogP contribution < -0.4 is 0 Å². The molecule has 130 valence electrons. The van der Waals surface area contributed by atoms with E-state index in [1.165, 1.54) is 24.3 Å². The molecule has 2 bridgehead atoms. The van der Waals surface area contributed by atoms with E-state index in [1.54, 1.807) is 0 Å². The van der Waals surface area contributed by atoms with Crippen LogP contribution >= 0.6 is 11.8 Å². The monoisotopic (exact) mass is 364 g/mol. The van der Waals surface area contributed by atoms with Crippen LogP contribution in [-0.4, -0.2) is 35.7 Å². The molecule has 1 saturated heterocycles. The summed E-state index contributed by atoms with van der Waals surface area (Å²) in [7, 11) is -6.10. The first kappa shape index (κ1) is 18.3. The standard InChI is InChI=1S/C9H12F4O3S.C4H8S/c10-8(11,9(12,13)17(14,15)16)7-4-5-1-2-6(7)3-5;1-2-4-5-3-1/h5-7H,1-4H2,(H,14,15,16);1-4H2. The minimum Gasteiger partial charge on any atom is -0.281 e. The van der Waals surface area contributed by atoms with E-state index in [0.29, 0.717) is 12.8 Å². The molecular weight excluding hydrogens is 344 g/mol. The van der Waals surface area contributed by atoms with Crippen LogP contribution in [0.1, 0.15) is 38.5 Å². The van der Waals surface area contributed by atoms with Crippen LogP contribution in [0.5, 0.6) is 0 Å². The van der Waals surface area contributed by atoms with E-state index in [1.807, 2.05) is 0 Å². The van der Waals surface area contributed by atoms with Crippen molar-refractivity contribution in [1.82, 2.24) is 0 Å². The highest BCUT2D eigenvalue weighted by molar-refractivity contribution is 7.99. The lowest BCUT2D eigenvalue weighted by molar-refractivity contribution is -0.202. The maximum absolute atomic E-state index is 13.6. The molecule has 1 N–H and O–H groups in total. The summed E-state index contributed by atoms with van der Waals surface area (Å²) in [6, 6.07) is 0. The Balaban J connectivity index is 0.000000299. The highest BCUT2D eigenvalue weighted by Gasteiger charge is 2.71. The Labute approximate surface area is 132 Å². The van der Waals surface area contributed by atoms with Gasteiger partial charge in [0.15, 0.2) is 0 Å². The lowest BCUT2D eigenvalue weighted by Gasteiger charge is -2.33. The van der Waals surface area contributed by atoms with E-state index in [-0.39, 0.29) is 12.3 Å². The Morgan fingerprint density at radius 2 is 1.59 bits per heavy atom. The first-order chi connectivity index (χ1) is 10.1. The number of halogens is 4. The molecule has 3 rings (SSSR count). The second-order valence-corrected chi connectivity index (χ2v) is 8.90. The van der Waals surface area contributed by atoms with E-state index in [2.05, 4.69) is 11.8 Å². The zero-order chi connectivity index (χ0) is 16.6. The predicted octanol–water partition coefficient (Wildman–Crippen LogP) is 4.05. The van der Waals surface area contributed by atoms with Crippen molar-refractivity contribution >= 4 is 21.9 Å². The van der Waals surface area contributed by atoms with Gasteiger partial charge in [0, 0.05) is 5.92 Å². The van der Waals surface area contributed by atoms with E-state index in [4.69, 9.17) is 4.55 Å². The van der Waals surface area contributed by atoms with E-state index < -0.39 is 33.1 Å². The molecule has 1 heterocycles. The van der Waals surface area contributed by atoms with Gasteiger partial charge < -0.3 is 0 Å². The van der Waals surface area contributed by atoms with Crippen molar-refractivity contribution < 1.29 is 30.5 Å². The molecular formula is C13H20F4O3S2. The molecule has 3 nitrogen and oxygen atoms in total. The van der Waals surface area contributed by atoms with Crippen molar-refractivity contribution in [1.29, 1.82) is 0 Å². The number of hydrogen-bond acceptors (Lipinski definition) is 3. The Morgan fingerprint density at radius 1 is 1.00 bits per heavy atom. The molecule has 9 heteroatoms. The van der Waals surface area contributed by atoms with Crippen LogP contribution in [0.15, 0.2) is 0 Å². The molecule has 0 spiro atoms.